The second-order valence-electron chi connectivity index (χ2n) is 4.21. The van der Waals surface area contributed by atoms with E-state index < -0.39 is 0 Å². The number of hydrogen-bond donors (Lipinski definition) is 1. The Hall–Kier alpha value is -2.03. The van der Waals surface area contributed by atoms with Crippen molar-refractivity contribution in [2.24, 2.45) is 0 Å². The molecule has 0 amide bonds. The summed E-state index contributed by atoms with van der Waals surface area (Å²) >= 11 is 0. The summed E-state index contributed by atoms with van der Waals surface area (Å²) in [5.74, 6) is -0.350. The Bertz CT molecular complexity index is 511. The third-order valence-electron chi connectivity index (χ3n) is 2.94. The van der Waals surface area contributed by atoms with Crippen molar-refractivity contribution in [1.29, 1.82) is 0 Å². The molecule has 0 atom stereocenters. The third-order valence-corrected chi connectivity index (χ3v) is 2.94. The van der Waals surface area contributed by atoms with Crippen LogP contribution in [0.4, 0.5) is 15.8 Å². The second kappa shape index (κ2) is 5.54. The average Bonchev–Trinajstić information content (AvgIpc) is 2.41. The Morgan fingerprint density at radius 1 is 1.11 bits per heavy atom. The molecule has 2 aromatic carbocycles. The van der Waals surface area contributed by atoms with E-state index in [9.17, 15) is 4.39 Å². The molecule has 0 aliphatic carbocycles. The largest absolute Gasteiger partial charge is 0.396 e. The topological polar surface area (TPSA) is 29.3 Å². The maximum Gasteiger partial charge on any atom is 0.146 e. The van der Waals surface area contributed by atoms with Gasteiger partial charge in [-0.2, -0.15) is 0 Å². The van der Waals surface area contributed by atoms with Crippen LogP contribution in [-0.2, 0) is 6.54 Å². The van der Waals surface area contributed by atoms with Gasteiger partial charge in [0, 0.05) is 18.8 Å². The SMILES string of the molecule is CCN(Cc1ccc(N)c(F)c1)c1ccccc1. The van der Waals surface area contributed by atoms with Gasteiger partial charge >= 0.3 is 0 Å². The molecule has 18 heavy (non-hydrogen) atoms. The quantitative estimate of drug-likeness (QED) is 0.835. The number of hydrogen-bond acceptors (Lipinski definition) is 2. The van der Waals surface area contributed by atoms with Crippen LogP contribution in [0.2, 0.25) is 0 Å². The maximum atomic E-state index is 13.4. The molecular weight excluding hydrogens is 227 g/mol. The summed E-state index contributed by atoms with van der Waals surface area (Å²) in [5.41, 5.74) is 7.73. The Labute approximate surface area is 107 Å². The summed E-state index contributed by atoms with van der Waals surface area (Å²) in [4.78, 5) is 2.19. The van der Waals surface area contributed by atoms with Crippen molar-refractivity contribution < 1.29 is 4.39 Å². The first kappa shape index (κ1) is 12.4. The molecule has 0 saturated carbocycles. The molecule has 3 heteroatoms. The molecule has 0 aliphatic rings. The highest BCUT2D eigenvalue weighted by Crippen LogP contribution is 2.18. The van der Waals surface area contributed by atoms with E-state index in [0.717, 1.165) is 17.8 Å². The van der Waals surface area contributed by atoms with Crippen molar-refractivity contribution in [3.8, 4) is 0 Å². The molecule has 0 bridgehead atoms. The van der Waals surface area contributed by atoms with Crippen LogP contribution in [0, 0.1) is 5.82 Å². The van der Waals surface area contributed by atoms with Gasteiger partial charge in [-0.05, 0) is 36.8 Å². The second-order valence-corrected chi connectivity index (χ2v) is 4.21. The third kappa shape index (κ3) is 2.80. The molecule has 94 valence electrons. The normalized spacial score (nSPS) is 10.3. The standard InChI is InChI=1S/C15H17FN2/c1-2-18(13-6-4-3-5-7-13)11-12-8-9-15(17)14(16)10-12/h3-10H,2,11,17H2,1H3. The lowest BCUT2D eigenvalue weighted by atomic mass is 10.1. The van der Waals surface area contributed by atoms with E-state index in [1.807, 2.05) is 24.3 Å². The van der Waals surface area contributed by atoms with E-state index in [1.165, 1.54) is 6.07 Å². The van der Waals surface area contributed by atoms with Crippen LogP contribution in [0.5, 0.6) is 0 Å². The summed E-state index contributed by atoms with van der Waals surface area (Å²) in [6.45, 7) is 3.63. The van der Waals surface area contributed by atoms with Gasteiger partial charge in [0.1, 0.15) is 5.82 Å². The highest BCUT2D eigenvalue weighted by molar-refractivity contribution is 5.48. The number of nitrogens with two attached hydrogens (primary N) is 1. The van der Waals surface area contributed by atoms with Crippen LogP contribution < -0.4 is 10.6 Å². The molecule has 2 nitrogen and oxygen atoms in total. The number of nitrogens with zero attached hydrogens (tertiary/aromatic N) is 1. The minimum absolute atomic E-state index is 0.196. The van der Waals surface area contributed by atoms with Gasteiger partial charge in [-0.25, -0.2) is 4.39 Å². The summed E-state index contributed by atoms with van der Waals surface area (Å²) in [6.07, 6.45) is 0. The molecule has 0 aromatic heterocycles. The molecule has 0 fully saturated rings. The van der Waals surface area contributed by atoms with Gasteiger partial charge in [0.05, 0.1) is 5.69 Å². The minimum atomic E-state index is -0.350. The monoisotopic (exact) mass is 244 g/mol. The molecule has 2 N–H and O–H groups in total. The number of halogens is 1. The van der Waals surface area contributed by atoms with Crippen LogP contribution in [0.3, 0.4) is 0 Å². The highest BCUT2D eigenvalue weighted by atomic mass is 19.1. The lowest BCUT2D eigenvalue weighted by molar-refractivity contribution is 0.629. The first-order chi connectivity index (χ1) is 8.70. The van der Waals surface area contributed by atoms with Gasteiger partial charge in [-0.15, -0.1) is 0 Å². The first-order valence-corrected chi connectivity index (χ1v) is 6.04. The van der Waals surface area contributed by atoms with Crippen molar-refractivity contribution in [3.05, 3.63) is 59.9 Å². The maximum absolute atomic E-state index is 13.4. The van der Waals surface area contributed by atoms with Crippen LogP contribution in [0.15, 0.2) is 48.5 Å². The zero-order valence-electron chi connectivity index (χ0n) is 10.4. The van der Waals surface area contributed by atoms with Crippen molar-refractivity contribution in [3.63, 3.8) is 0 Å². The van der Waals surface area contributed by atoms with E-state index in [2.05, 4.69) is 24.0 Å². The average molecular weight is 244 g/mol. The fourth-order valence-electron chi connectivity index (χ4n) is 1.91. The van der Waals surface area contributed by atoms with E-state index in [4.69, 9.17) is 5.73 Å². The van der Waals surface area contributed by atoms with Gasteiger partial charge < -0.3 is 10.6 Å². The molecule has 2 rings (SSSR count). The van der Waals surface area contributed by atoms with Gasteiger partial charge in [0.2, 0.25) is 0 Å². The van der Waals surface area contributed by atoms with E-state index in [-0.39, 0.29) is 11.5 Å². The lowest BCUT2D eigenvalue weighted by Crippen LogP contribution is -2.21. The van der Waals surface area contributed by atoms with Crippen LogP contribution in [0.1, 0.15) is 12.5 Å². The summed E-state index contributed by atoms with van der Waals surface area (Å²) in [6, 6.07) is 15.1. The molecular formula is C15H17FN2. The van der Waals surface area contributed by atoms with E-state index in [0.29, 0.717) is 6.54 Å². The predicted octanol–water partition coefficient (Wildman–Crippen LogP) is 3.43. The molecule has 0 radical (unpaired) electrons. The molecule has 0 spiro atoms. The van der Waals surface area contributed by atoms with E-state index in [1.54, 1.807) is 6.07 Å². The first-order valence-electron chi connectivity index (χ1n) is 6.04. The molecule has 0 aliphatic heterocycles. The van der Waals surface area contributed by atoms with Crippen LogP contribution in [-0.4, -0.2) is 6.54 Å². The van der Waals surface area contributed by atoms with Crippen molar-refractivity contribution in [2.45, 2.75) is 13.5 Å². The van der Waals surface area contributed by atoms with Gasteiger partial charge in [-0.3, -0.25) is 0 Å². The van der Waals surface area contributed by atoms with Crippen molar-refractivity contribution >= 4 is 11.4 Å². The highest BCUT2D eigenvalue weighted by Gasteiger charge is 2.06. The number of para-hydroxylation sites is 1. The van der Waals surface area contributed by atoms with Crippen LogP contribution in [0.25, 0.3) is 0 Å². The zero-order chi connectivity index (χ0) is 13.0. The van der Waals surface area contributed by atoms with Crippen molar-refractivity contribution in [1.82, 2.24) is 0 Å². The fourth-order valence-corrected chi connectivity index (χ4v) is 1.91. The smallest absolute Gasteiger partial charge is 0.146 e. The summed E-state index contributed by atoms with van der Waals surface area (Å²) in [7, 11) is 0. The molecule has 0 heterocycles. The number of rotatable bonds is 4. The molecule has 2 aromatic rings. The van der Waals surface area contributed by atoms with Crippen LogP contribution >= 0.6 is 0 Å². The zero-order valence-corrected chi connectivity index (χ0v) is 10.4. The number of nitrogen functional groups attached to an aromatic ring is 1. The molecule has 0 unspecified atom stereocenters. The fraction of sp³-hybridized carbons (Fsp3) is 0.200. The lowest BCUT2D eigenvalue weighted by Gasteiger charge is -2.23. The summed E-state index contributed by atoms with van der Waals surface area (Å²) in [5, 5.41) is 0. The van der Waals surface area contributed by atoms with E-state index >= 15 is 0 Å². The molecule has 0 saturated heterocycles. The number of benzene rings is 2. The Morgan fingerprint density at radius 3 is 2.44 bits per heavy atom. The van der Waals surface area contributed by atoms with Gasteiger partial charge in [0.15, 0.2) is 0 Å². The Balaban J connectivity index is 2.18. The number of anilines is 2. The van der Waals surface area contributed by atoms with Crippen molar-refractivity contribution in [2.75, 3.05) is 17.2 Å². The van der Waals surface area contributed by atoms with Gasteiger partial charge in [0.25, 0.3) is 0 Å². The predicted molar refractivity (Wildman–Crippen MR) is 74.0 cm³/mol. The Kier molecular flexibility index (Phi) is 3.82. The van der Waals surface area contributed by atoms with Gasteiger partial charge in [-0.1, -0.05) is 24.3 Å². The summed E-state index contributed by atoms with van der Waals surface area (Å²) < 4.78 is 13.4. The minimum Gasteiger partial charge on any atom is -0.396 e. The Morgan fingerprint density at radius 2 is 1.83 bits per heavy atom.